The van der Waals surface area contributed by atoms with Crippen molar-refractivity contribution < 1.29 is 18.4 Å². The highest BCUT2D eigenvalue weighted by molar-refractivity contribution is 6.04. The molecule has 0 spiro atoms. The van der Waals surface area contributed by atoms with Crippen LogP contribution in [0.5, 0.6) is 0 Å². The average molecular weight is 304 g/mol. The van der Waals surface area contributed by atoms with Crippen molar-refractivity contribution >= 4 is 17.5 Å². The van der Waals surface area contributed by atoms with Gasteiger partial charge in [-0.25, -0.2) is 8.78 Å². The van der Waals surface area contributed by atoms with Crippen LogP contribution in [-0.4, -0.2) is 11.8 Å². The number of anilines is 1. The van der Waals surface area contributed by atoms with Gasteiger partial charge in [-0.2, -0.15) is 0 Å². The van der Waals surface area contributed by atoms with Crippen LogP contribution in [0.2, 0.25) is 0 Å². The Kier molecular flexibility index (Phi) is 4.83. The number of carbonyl (C=O) groups excluding carboxylic acids is 2. The molecule has 0 heterocycles. The number of benzene rings is 2. The largest absolute Gasteiger partial charge is 0.352 e. The lowest BCUT2D eigenvalue weighted by Gasteiger charge is -2.08. The number of hydrogen-bond acceptors (Lipinski definition) is 2. The Labute approximate surface area is 126 Å². The molecule has 6 heteroatoms. The van der Waals surface area contributed by atoms with Gasteiger partial charge in [-0.1, -0.05) is 12.1 Å². The topological polar surface area (TPSA) is 58.2 Å². The molecular weight excluding hydrogens is 290 g/mol. The number of amides is 2. The fourth-order valence-electron chi connectivity index (χ4n) is 1.79. The molecule has 0 atom stereocenters. The Balaban J connectivity index is 2.06. The summed E-state index contributed by atoms with van der Waals surface area (Å²) in [6.45, 7) is 1.77. The van der Waals surface area contributed by atoms with Crippen LogP contribution >= 0.6 is 0 Å². The van der Waals surface area contributed by atoms with E-state index in [9.17, 15) is 18.4 Å². The Morgan fingerprint density at radius 3 is 2.36 bits per heavy atom. The van der Waals surface area contributed by atoms with Crippen LogP contribution in [0, 0.1) is 11.6 Å². The molecule has 4 nitrogen and oxygen atoms in total. The van der Waals surface area contributed by atoms with Crippen molar-refractivity contribution in [2.45, 2.75) is 13.5 Å². The lowest BCUT2D eigenvalue weighted by molar-refractivity contribution is -0.119. The minimum atomic E-state index is -0.711. The summed E-state index contributed by atoms with van der Waals surface area (Å²) < 4.78 is 26.5. The second-order valence-electron chi connectivity index (χ2n) is 4.68. The Morgan fingerprint density at radius 1 is 1.05 bits per heavy atom. The molecule has 0 aliphatic carbocycles. The van der Waals surface area contributed by atoms with E-state index in [1.54, 1.807) is 24.3 Å². The molecule has 0 radical (unpaired) electrons. The molecule has 0 saturated carbocycles. The lowest BCUT2D eigenvalue weighted by atomic mass is 10.1. The van der Waals surface area contributed by atoms with Gasteiger partial charge in [-0.05, 0) is 29.8 Å². The van der Waals surface area contributed by atoms with E-state index in [0.29, 0.717) is 12.1 Å². The molecule has 0 aromatic heterocycles. The third kappa shape index (κ3) is 4.12. The number of carbonyl (C=O) groups is 2. The minimum Gasteiger partial charge on any atom is -0.352 e. The molecule has 0 bridgehead atoms. The van der Waals surface area contributed by atoms with Gasteiger partial charge in [0.25, 0.3) is 5.91 Å². The Hall–Kier alpha value is -2.76. The standard InChI is InChI=1S/C16H14F2N2O2/c1-10(21)19-9-11-2-4-12(5-3-11)16(22)20-15-8-13(17)6-7-14(15)18/h2-8H,9H2,1H3,(H,19,21)(H,20,22). The zero-order valence-corrected chi connectivity index (χ0v) is 11.8. The first-order valence-electron chi connectivity index (χ1n) is 6.55. The van der Waals surface area contributed by atoms with Crippen LogP contribution in [-0.2, 0) is 11.3 Å². The molecule has 2 aromatic carbocycles. The van der Waals surface area contributed by atoms with Crippen molar-refractivity contribution in [1.82, 2.24) is 5.32 Å². The van der Waals surface area contributed by atoms with E-state index in [1.807, 2.05) is 0 Å². The molecule has 2 N–H and O–H groups in total. The lowest BCUT2D eigenvalue weighted by Crippen LogP contribution is -2.19. The van der Waals surface area contributed by atoms with Crippen molar-refractivity contribution in [2.24, 2.45) is 0 Å². The molecule has 22 heavy (non-hydrogen) atoms. The summed E-state index contributed by atoms with van der Waals surface area (Å²) in [5.41, 5.74) is 0.909. The first-order chi connectivity index (χ1) is 10.5. The second-order valence-corrected chi connectivity index (χ2v) is 4.68. The van der Waals surface area contributed by atoms with E-state index >= 15 is 0 Å². The monoisotopic (exact) mass is 304 g/mol. The summed E-state index contributed by atoms with van der Waals surface area (Å²) in [4.78, 5) is 22.8. The van der Waals surface area contributed by atoms with Gasteiger partial charge in [0.05, 0.1) is 5.69 Å². The maximum atomic E-state index is 13.5. The molecule has 0 unspecified atom stereocenters. The molecule has 114 valence electrons. The number of halogens is 2. The second kappa shape index (κ2) is 6.80. The molecule has 2 amide bonds. The summed E-state index contributed by atoms with van der Waals surface area (Å²) in [5, 5.41) is 4.95. The van der Waals surface area contributed by atoms with E-state index in [1.165, 1.54) is 6.92 Å². The van der Waals surface area contributed by atoms with Crippen molar-refractivity contribution in [3.63, 3.8) is 0 Å². The average Bonchev–Trinajstić information content (AvgIpc) is 2.49. The van der Waals surface area contributed by atoms with Crippen molar-refractivity contribution in [3.05, 3.63) is 65.2 Å². The van der Waals surface area contributed by atoms with Crippen molar-refractivity contribution in [2.75, 3.05) is 5.32 Å². The predicted octanol–water partition coefficient (Wildman–Crippen LogP) is 2.85. The SMILES string of the molecule is CC(=O)NCc1ccc(C(=O)Nc2cc(F)ccc2F)cc1. The highest BCUT2D eigenvalue weighted by Crippen LogP contribution is 2.16. The summed E-state index contributed by atoms with van der Waals surface area (Å²) in [7, 11) is 0. The van der Waals surface area contributed by atoms with Crippen LogP contribution in [0.15, 0.2) is 42.5 Å². The van der Waals surface area contributed by atoms with E-state index < -0.39 is 17.5 Å². The summed E-state index contributed by atoms with van der Waals surface area (Å²) in [6.07, 6.45) is 0. The van der Waals surface area contributed by atoms with Gasteiger partial charge < -0.3 is 10.6 Å². The van der Waals surface area contributed by atoms with E-state index in [-0.39, 0.29) is 11.6 Å². The van der Waals surface area contributed by atoms with Crippen LogP contribution < -0.4 is 10.6 Å². The highest BCUT2D eigenvalue weighted by Gasteiger charge is 2.10. The Bertz CT molecular complexity index is 700. The maximum absolute atomic E-state index is 13.5. The normalized spacial score (nSPS) is 10.1. The fraction of sp³-hybridized carbons (Fsp3) is 0.125. The van der Waals surface area contributed by atoms with Gasteiger partial charge >= 0.3 is 0 Å². The molecule has 2 rings (SSSR count). The first-order valence-corrected chi connectivity index (χ1v) is 6.55. The van der Waals surface area contributed by atoms with Crippen LogP contribution in [0.3, 0.4) is 0 Å². The van der Waals surface area contributed by atoms with Gasteiger partial charge in [-0.3, -0.25) is 9.59 Å². The zero-order valence-electron chi connectivity index (χ0n) is 11.8. The minimum absolute atomic E-state index is 0.150. The molecule has 2 aromatic rings. The van der Waals surface area contributed by atoms with Gasteiger partial charge in [0.15, 0.2) is 0 Å². The smallest absolute Gasteiger partial charge is 0.255 e. The number of nitrogens with one attached hydrogen (secondary N) is 2. The van der Waals surface area contributed by atoms with Gasteiger partial charge in [0, 0.05) is 25.1 Å². The van der Waals surface area contributed by atoms with Crippen LogP contribution in [0.25, 0.3) is 0 Å². The third-order valence-corrected chi connectivity index (χ3v) is 2.93. The predicted molar refractivity (Wildman–Crippen MR) is 78.3 cm³/mol. The summed E-state index contributed by atoms with van der Waals surface area (Å²) >= 11 is 0. The van der Waals surface area contributed by atoms with Crippen molar-refractivity contribution in [3.8, 4) is 0 Å². The number of hydrogen-bond donors (Lipinski definition) is 2. The van der Waals surface area contributed by atoms with Gasteiger partial charge in [0.1, 0.15) is 11.6 Å². The van der Waals surface area contributed by atoms with Gasteiger partial charge in [0.2, 0.25) is 5.91 Å². The van der Waals surface area contributed by atoms with Crippen LogP contribution in [0.4, 0.5) is 14.5 Å². The summed E-state index contributed by atoms with van der Waals surface area (Å²) in [5.74, 6) is -2.04. The Morgan fingerprint density at radius 2 is 1.73 bits per heavy atom. The first kappa shape index (κ1) is 15.6. The quantitative estimate of drug-likeness (QED) is 0.912. The molecule has 0 fully saturated rings. The van der Waals surface area contributed by atoms with Crippen LogP contribution in [0.1, 0.15) is 22.8 Å². The van der Waals surface area contributed by atoms with E-state index in [4.69, 9.17) is 0 Å². The van der Waals surface area contributed by atoms with E-state index in [0.717, 1.165) is 23.8 Å². The fourth-order valence-corrected chi connectivity index (χ4v) is 1.79. The summed E-state index contributed by atoms with van der Waals surface area (Å²) in [6, 6.07) is 9.27. The zero-order chi connectivity index (χ0) is 16.1. The third-order valence-electron chi connectivity index (χ3n) is 2.93. The molecular formula is C16H14F2N2O2. The van der Waals surface area contributed by atoms with Gasteiger partial charge in [-0.15, -0.1) is 0 Å². The molecule has 0 saturated heterocycles. The highest BCUT2D eigenvalue weighted by atomic mass is 19.1. The van der Waals surface area contributed by atoms with E-state index in [2.05, 4.69) is 10.6 Å². The maximum Gasteiger partial charge on any atom is 0.255 e. The molecule has 0 aliphatic heterocycles. The number of rotatable bonds is 4. The molecule has 0 aliphatic rings. The van der Waals surface area contributed by atoms with Crippen molar-refractivity contribution in [1.29, 1.82) is 0 Å².